The molecule has 1 heterocycles. The van der Waals surface area contributed by atoms with E-state index in [4.69, 9.17) is 11.6 Å². The van der Waals surface area contributed by atoms with Crippen LogP contribution in [-0.4, -0.2) is 15.9 Å². The van der Waals surface area contributed by atoms with E-state index in [2.05, 4.69) is 20.6 Å². The fourth-order valence-corrected chi connectivity index (χ4v) is 2.84. The molecule has 1 amide bonds. The number of benzene rings is 2. The van der Waals surface area contributed by atoms with Crippen LogP contribution in [0.4, 0.5) is 11.6 Å². The lowest BCUT2D eigenvalue weighted by Gasteiger charge is -2.11. The molecule has 0 aliphatic heterocycles. The number of aryl methyl sites for hydroxylation is 3. The van der Waals surface area contributed by atoms with Crippen molar-refractivity contribution in [2.75, 3.05) is 5.32 Å². The highest BCUT2D eigenvalue weighted by Crippen LogP contribution is 2.23. The third-order valence-electron chi connectivity index (χ3n) is 4.23. The van der Waals surface area contributed by atoms with Gasteiger partial charge >= 0.3 is 0 Å². The molecule has 0 spiro atoms. The number of anilines is 2. The van der Waals surface area contributed by atoms with E-state index in [0.29, 0.717) is 28.9 Å². The van der Waals surface area contributed by atoms with Crippen LogP contribution >= 0.6 is 11.6 Å². The summed E-state index contributed by atoms with van der Waals surface area (Å²) in [7, 11) is 0. The fourth-order valence-electron chi connectivity index (χ4n) is 2.66. The summed E-state index contributed by atoms with van der Waals surface area (Å²) in [6.07, 6.45) is 0. The minimum atomic E-state index is -0.241. The van der Waals surface area contributed by atoms with Gasteiger partial charge in [-0.05, 0) is 55.7 Å². The van der Waals surface area contributed by atoms with E-state index >= 15 is 0 Å². The predicted octanol–water partition coefficient (Wildman–Crippen LogP) is 4.73. The summed E-state index contributed by atoms with van der Waals surface area (Å²) >= 11 is 6.06. The number of carbonyl (C=O) groups is 1. The lowest BCUT2D eigenvalue weighted by Crippen LogP contribution is -2.24. The summed E-state index contributed by atoms with van der Waals surface area (Å²) in [6.45, 7) is 6.26. The molecule has 2 aromatic carbocycles. The molecule has 0 radical (unpaired) electrons. The summed E-state index contributed by atoms with van der Waals surface area (Å²) < 4.78 is 0. The third kappa shape index (κ3) is 4.83. The predicted molar refractivity (Wildman–Crippen MR) is 109 cm³/mol. The molecule has 0 fully saturated rings. The number of nitrogens with one attached hydrogen (secondary N) is 2. The van der Waals surface area contributed by atoms with E-state index in [1.165, 1.54) is 0 Å². The quantitative estimate of drug-likeness (QED) is 0.671. The van der Waals surface area contributed by atoms with Crippen LogP contribution in [0, 0.1) is 20.8 Å². The standard InChI is InChI=1S/C21H21ClN4O/c1-13-6-4-5-7-16(13)12-23-20(27)19-10-15(3)24-21(26-19)25-18-11-17(22)9-8-14(18)2/h4-11H,12H2,1-3H3,(H,23,27)(H,24,25,26). The van der Waals surface area contributed by atoms with Crippen molar-refractivity contribution >= 4 is 29.1 Å². The Bertz CT molecular complexity index is 988. The molecule has 3 rings (SSSR count). The number of rotatable bonds is 5. The average Bonchev–Trinajstić information content (AvgIpc) is 2.63. The number of hydrogen-bond acceptors (Lipinski definition) is 4. The topological polar surface area (TPSA) is 66.9 Å². The van der Waals surface area contributed by atoms with Crippen molar-refractivity contribution < 1.29 is 4.79 Å². The number of aromatic nitrogens is 2. The highest BCUT2D eigenvalue weighted by Gasteiger charge is 2.12. The number of nitrogens with zero attached hydrogens (tertiary/aromatic N) is 2. The summed E-state index contributed by atoms with van der Waals surface area (Å²) in [5.41, 5.74) is 5.04. The zero-order valence-electron chi connectivity index (χ0n) is 15.5. The second kappa shape index (κ2) is 8.18. The SMILES string of the molecule is Cc1cc(C(=O)NCc2ccccc2C)nc(Nc2cc(Cl)ccc2C)n1. The van der Waals surface area contributed by atoms with E-state index in [-0.39, 0.29) is 5.91 Å². The number of halogens is 1. The summed E-state index contributed by atoms with van der Waals surface area (Å²) in [6, 6.07) is 15.2. The van der Waals surface area contributed by atoms with Gasteiger partial charge in [0.05, 0.1) is 0 Å². The largest absolute Gasteiger partial charge is 0.347 e. The summed E-state index contributed by atoms with van der Waals surface area (Å²) in [4.78, 5) is 21.3. The number of amides is 1. The zero-order valence-corrected chi connectivity index (χ0v) is 16.3. The molecule has 5 nitrogen and oxygen atoms in total. The van der Waals surface area contributed by atoms with Crippen LogP contribution in [-0.2, 0) is 6.54 Å². The monoisotopic (exact) mass is 380 g/mol. The van der Waals surface area contributed by atoms with Gasteiger partial charge in [0.25, 0.3) is 5.91 Å². The van der Waals surface area contributed by atoms with Crippen molar-refractivity contribution in [3.63, 3.8) is 0 Å². The maximum Gasteiger partial charge on any atom is 0.270 e. The van der Waals surface area contributed by atoms with Gasteiger partial charge in [0.1, 0.15) is 5.69 Å². The van der Waals surface area contributed by atoms with Crippen LogP contribution in [0.5, 0.6) is 0 Å². The Morgan fingerprint density at radius 3 is 2.56 bits per heavy atom. The van der Waals surface area contributed by atoms with Gasteiger partial charge in [0, 0.05) is 22.9 Å². The maximum atomic E-state index is 12.6. The Labute approximate surface area is 163 Å². The smallest absolute Gasteiger partial charge is 0.270 e. The molecule has 0 bridgehead atoms. The molecular formula is C21H21ClN4O. The van der Waals surface area contributed by atoms with E-state index in [9.17, 15) is 4.79 Å². The van der Waals surface area contributed by atoms with Crippen molar-refractivity contribution in [1.29, 1.82) is 0 Å². The fraction of sp³-hybridized carbons (Fsp3) is 0.190. The van der Waals surface area contributed by atoms with Gasteiger partial charge in [-0.3, -0.25) is 4.79 Å². The lowest BCUT2D eigenvalue weighted by molar-refractivity contribution is 0.0945. The van der Waals surface area contributed by atoms with Crippen LogP contribution in [0.2, 0.25) is 5.02 Å². The lowest BCUT2D eigenvalue weighted by atomic mass is 10.1. The van der Waals surface area contributed by atoms with E-state index in [1.807, 2.05) is 57.2 Å². The minimum Gasteiger partial charge on any atom is -0.347 e. The first-order valence-electron chi connectivity index (χ1n) is 8.64. The first-order chi connectivity index (χ1) is 12.9. The maximum absolute atomic E-state index is 12.6. The molecular weight excluding hydrogens is 360 g/mol. The van der Waals surface area contributed by atoms with Crippen molar-refractivity contribution in [2.45, 2.75) is 27.3 Å². The van der Waals surface area contributed by atoms with Crippen molar-refractivity contribution in [3.05, 3.63) is 81.6 Å². The second-order valence-electron chi connectivity index (χ2n) is 6.41. The third-order valence-corrected chi connectivity index (χ3v) is 4.47. The minimum absolute atomic E-state index is 0.241. The molecule has 0 aliphatic rings. The first kappa shape index (κ1) is 18.9. The van der Waals surface area contributed by atoms with Gasteiger partial charge in [0.2, 0.25) is 5.95 Å². The number of carbonyl (C=O) groups excluding carboxylic acids is 1. The Hall–Kier alpha value is -2.92. The van der Waals surface area contributed by atoms with Gasteiger partial charge in [-0.1, -0.05) is 41.9 Å². The van der Waals surface area contributed by atoms with Crippen LogP contribution in [0.15, 0.2) is 48.5 Å². The summed E-state index contributed by atoms with van der Waals surface area (Å²) in [5.74, 6) is 0.121. The Morgan fingerprint density at radius 1 is 1.00 bits per heavy atom. The van der Waals surface area contributed by atoms with Crippen molar-refractivity contribution in [2.24, 2.45) is 0 Å². The zero-order chi connectivity index (χ0) is 19.4. The first-order valence-corrected chi connectivity index (χ1v) is 9.02. The molecule has 0 atom stereocenters. The molecule has 3 aromatic rings. The van der Waals surface area contributed by atoms with Crippen molar-refractivity contribution in [1.82, 2.24) is 15.3 Å². The summed E-state index contributed by atoms with van der Waals surface area (Å²) in [5, 5.41) is 6.68. The molecule has 2 N–H and O–H groups in total. The van der Waals surface area contributed by atoms with Crippen LogP contribution in [0.3, 0.4) is 0 Å². The van der Waals surface area contributed by atoms with Gasteiger partial charge in [-0.15, -0.1) is 0 Å². The Kier molecular flexibility index (Phi) is 5.72. The normalized spacial score (nSPS) is 10.5. The van der Waals surface area contributed by atoms with E-state index in [1.54, 1.807) is 12.1 Å². The van der Waals surface area contributed by atoms with Crippen molar-refractivity contribution in [3.8, 4) is 0 Å². The number of hydrogen-bond donors (Lipinski definition) is 2. The van der Waals surface area contributed by atoms with E-state index < -0.39 is 0 Å². The Morgan fingerprint density at radius 2 is 1.78 bits per heavy atom. The van der Waals surface area contributed by atoms with Gasteiger partial charge < -0.3 is 10.6 Å². The molecule has 27 heavy (non-hydrogen) atoms. The Balaban J connectivity index is 1.77. The van der Waals surface area contributed by atoms with Crippen LogP contribution in [0.1, 0.15) is 32.9 Å². The van der Waals surface area contributed by atoms with Gasteiger partial charge in [0.15, 0.2) is 0 Å². The highest BCUT2D eigenvalue weighted by atomic mass is 35.5. The van der Waals surface area contributed by atoms with Crippen LogP contribution < -0.4 is 10.6 Å². The molecule has 0 unspecified atom stereocenters. The average molecular weight is 381 g/mol. The highest BCUT2D eigenvalue weighted by molar-refractivity contribution is 6.30. The molecule has 0 aliphatic carbocycles. The molecule has 1 aromatic heterocycles. The molecule has 0 saturated carbocycles. The van der Waals surface area contributed by atoms with E-state index in [0.717, 1.165) is 22.4 Å². The van der Waals surface area contributed by atoms with Crippen LogP contribution in [0.25, 0.3) is 0 Å². The second-order valence-corrected chi connectivity index (χ2v) is 6.85. The molecule has 0 saturated heterocycles. The van der Waals surface area contributed by atoms with Gasteiger partial charge in [-0.2, -0.15) is 0 Å². The van der Waals surface area contributed by atoms with Gasteiger partial charge in [-0.25, -0.2) is 9.97 Å². The molecule has 138 valence electrons. The molecule has 6 heteroatoms.